The van der Waals surface area contributed by atoms with Gasteiger partial charge in [0.15, 0.2) is 0 Å². The molecule has 2 aliphatic rings. The number of allylic oxidation sites excluding steroid dienone is 4. The monoisotopic (exact) mass is 423 g/mol. The minimum atomic E-state index is -0.405. The van der Waals surface area contributed by atoms with E-state index in [2.05, 4.69) is 134 Å². The molecule has 2 aliphatic carbocycles. The Morgan fingerprint density at radius 2 is 1.33 bits per heavy atom. The predicted molar refractivity (Wildman–Crippen MR) is 139 cm³/mol. The highest BCUT2D eigenvalue weighted by molar-refractivity contribution is 5.88. The minimum absolute atomic E-state index is 0.405. The van der Waals surface area contributed by atoms with Gasteiger partial charge in [-0.15, -0.1) is 0 Å². The van der Waals surface area contributed by atoms with E-state index in [0.717, 1.165) is 5.69 Å². The zero-order valence-electron chi connectivity index (χ0n) is 18.6. The molecule has 4 aromatic carbocycles. The summed E-state index contributed by atoms with van der Waals surface area (Å²) in [6.07, 6.45) is 11.0. The molecule has 6 rings (SSSR count). The third-order valence-electron chi connectivity index (χ3n) is 6.83. The van der Waals surface area contributed by atoms with Gasteiger partial charge in [-0.25, -0.2) is 0 Å². The molecule has 33 heavy (non-hydrogen) atoms. The van der Waals surface area contributed by atoms with E-state index < -0.39 is 5.41 Å². The zero-order chi connectivity index (χ0) is 22.3. The van der Waals surface area contributed by atoms with E-state index in [4.69, 9.17) is 0 Å². The van der Waals surface area contributed by atoms with Gasteiger partial charge in [0.2, 0.25) is 0 Å². The van der Waals surface area contributed by atoms with Crippen molar-refractivity contribution < 1.29 is 0 Å². The van der Waals surface area contributed by atoms with Gasteiger partial charge < -0.3 is 5.32 Å². The second kappa shape index (κ2) is 7.79. The fourth-order valence-corrected chi connectivity index (χ4v) is 5.43. The molecule has 1 heteroatoms. The number of hydrogen-bond donors (Lipinski definition) is 1. The first-order chi connectivity index (χ1) is 16.3. The highest BCUT2D eigenvalue weighted by atomic mass is 14.8. The number of benzene rings is 4. The molecule has 0 fully saturated rings. The third kappa shape index (κ3) is 3.01. The first-order valence-corrected chi connectivity index (χ1v) is 11.5. The molecule has 4 aromatic rings. The van der Waals surface area contributed by atoms with Crippen molar-refractivity contribution in [1.29, 1.82) is 0 Å². The maximum absolute atomic E-state index is 3.58. The molecule has 0 aliphatic heterocycles. The maximum Gasteiger partial charge on any atom is 0.0733 e. The van der Waals surface area contributed by atoms with Crippen molar-refractivity contribution in [2.45, 2.75) is 12.3 Å². The Morgan fingerprint density at radius 1 is 0.636 bits per heavy atom. The summed E-state index contributed by atoms with van der Waals surface area (Å²) < 4.78 is 0. The van der Waals surface area contributed by atoms with Crippen molar-refractivity contribution in [3.63, 3.8) is 0 Å². The summed E-state index contributed by atoms with van der Waals surface area (Å²) in [5.41, 5.74) is 11.0. The molecule has 0 saturated carbocycles. The van der Waals surface area contributed by atoms with Gasteiger partial charge in [0.1, 0.15) is 0 Å². The largest absolute Gasteiger partial charge is 0.361 e. The molecule has 0 saturated heterocycles. The van der Waals surface area contributed by atoms with Crippen molar-refractivity contribution in [2.75, 3.05) is 5.32 Å². The molecule has 0 bridgehead atoms. The maximum atomic E-state index is 3.58. The van der Waals surface area contributed by atoms with E-state index in [1.165, 1.54) is 44.5 Å². The summed E-state index contributed by atoms with van der Waals surface area (Å²) >= 11 is 0. The topological polar surface area (TPSA) is 12.0 Å². The molecule has 0 amide bonds. The Hall–Kier alpha value is -4.10. The van der Waals surface area contributed by atoms with Crippen LogP contribution in [0.3, 0.4) is 0 Å². The van der Waals surface area contributed by atoms with Crippen LogP contribution in [0.25, 0.3) is 17.2 Å². The van der Waals surface area contributed by atoms with Gasteiger partial charge in [0, 0.05) is 11.9 Å². The van der Waals surface area contributed by atoms with Gasteiger partial charge >= 0.3 is 0 Å². The summed E-state index contributed by atoms with van der Waals surface area (Å²) in [6.45, 7) is 2.19. The minimum Gasteiger partial charge on any atom is -0.361 e. The lowest BCUT2D eigenvalue weighted by atomic mass is 9.65. The average Bonchev–Trinajstić information content (AvgIpc) is 3.14. The van der Waals surface area contributed by atoms with Crippen molar-refractivity contribution in [3.8, 4) is 11.1 Å². The second-order valence-corrected chi connectivity index (χ2v) is 8.76. The summed E-state index contributed by atoms with van der Waals surface area (Å²) in [7, 11) is 0. The van der Waals surface area contributed by atoms with Crippen LogP contribution in [0.2, 0.25) is 0 Å². The highest BCUT2D eigenvalue weighted by Crippen LogP contribution is 2.57. The van der Waals surface area contributed by atoms with Crippen molar-refractivity contribution in [1.82, 2.24) is 0 Å². The van der Waals surface area contributed by atoms with Gasteiger partial charge in [-0.2, -0.15) is 0 Å². The number of para-hydroxylation sites is 1. The SMILES string of the molecule is Cc1ccc2c(c1)C1(C(=C\Nc3ccccc3)/C=C\C=C/c3ccccc31)c1ccccc1-2. The molecule has 0 radical (unpaired) electrons. The fraction of sp³-hybridized carbons (Fsp3) is 0.0625. The van der Waals surface area contributed by atoms with Gasteiger partial charge in [0.05, 0.1) is 5.41 Å². The van der Waals surface area contributed by atoms with Crippen LogP contribution in [0.4, 0.5) is 5.69 Å². The molecule has 1 N–H and O–H groups in total. The van der Waals surface area contributed by atoms with Crippen molar-refractivity contribution >= 4 is 11.8 Å². The van der Waals surface area contributed by atoms with E-state index in [1.807, 2.05) is 6.07 Å². The summed E-state index contributed by atoms with van der Waals surface area (Å²) in [5.74, 6) is 0. The summed E-state index contributed by atoms with van der Waals surface area (Å²) in [6, 6.07) is 35.0. The van der Waals surface area contributed by atoms with Crippen LogP contribution in [-0.4, -0.2) is 0 Å². The van der Waals surface area contributed by atoms with Crippen molar-refractivity contribution in [2.24, 2.45) is 0 Å². The van der Waals surface area contributed by atoms with E-state index in [9.17, 15) is 0 Å². The van der Waals surface area contributed by atoms with Gasteiger partial charge in [-0.3, -0.25) is 0 Å². The average molecular weight is 424 g/mol. The number of hydrogen-bond acceptors (Lipinski definition) is 1. The Morgan fingerprint density at radius 3 is 2.21 bits per heavy atom. The number of fused-ring (bicyclic) bond motifs is 7. The van der Waals surface area contributed by atoms with E-state index in [0.29, 0.717) is 0 Å². The summed E-state index contributed by atoms with van der Waals surface area (Å²) in [5, 5.41) is 3.58. The van der Waals surface area contributed by atoms with Crippen LogP contribution in [0, 0.1) is 6.92 Å². The van der Waals surface area contributed by atoms with Crippen LogP contribution < -0.4 is 5.32 Å². The smallest absolute Gasteiger partial charge is 0.0733 e. The third-order valence-corrected chi connectivity index (χ3v) is 6.83. The zero-order valence-corrected chi connectivity index (χ0v) is 18.6. The quantitative estimate of drug-likeness (QED) is 0.346. The van der Waals surface area contributed by atoms with Gasteiger partial charge in [-0.1, -0.05) is 115 Å². The molecular formula is C32H25N. The molecule has 0 heterocycles. The predicted octanol–water partition coefficient (Wildman–Crippen LogP) is 7.89. The molecule has 158 valence electrons. The lowest BCUT2D eigenvalue weighted by Crippen LogP contribution is -2.31. The first kappa shape index (κ1) is 19.6. The Balaban J connectivity index is 1.72. The van der Waals surface area contributed by atoms with E-state index in [-0.39, 0.29) is 0 Å². The number of anilines is 1. The molecule has 1 nitrogen and oxygen atoms in total. The lowest BCUT2D eigenvalue weighted by Gasteiger charge is -2.36. The lowest BCUT2D eigenvalue weighted by molar-refractivity contribution is 0.762. The molecule has 0 aromatic heterocycles. The Bertz CT molecular complexity index is 1440. The van der Waals surface area contributed by atoms with Gasteiger partial charge in [-0.05, 0) is 58.0 Å². The second-order valence-electron chi connectivity index (χ2n) is 8.76. The van der Waals surface area contributed by atoms with Crippen LogP contribution in [0.5, 0.6) is 0 Å². The normalized spacial score (nSPS) is 20.9. The van der Waals surface area contributed by atoms with Crippen LogP contribution in [0.1, 0.15) is 27.8 Å². The molecular weight excluding hydrogens is 398 g/mol. The van der Waals surface area contributed by atoms with Crippen molar-refractivity contribution in [3.05, 3.63) is 155 Å². The number of rotatable bonds is 2. The molecule has 1 unspecified atom stereocenters. The molecule has 1 spiro atoms. The Kier molecular flexibility index (Phi) is 4.62. The van der Waals surface area contributed by atoms with Crippen LogP contribution >= 0.6 is 0 Å². The van der Waals surface area contributed by atoms with Gasteiger partial charge in [0.25, 0.3) is 0 Å². The van der Waals surface area contributed by atoms with E-state index >= 15 is 0 Å². The fourth-order valence-electron chi connectivity index (χ4n) is 5.43. The standard InChI is InChI=1S/C32H25N/c1-23-19-20-28-27-16-8-10-18-30(27)32(31(28)21-23)25(22-33-26-14-3-2-4-15-26)13-7-5-11-24-12-6-9-17-29(24)32/h2-22,33H,1H3/b11-5-,13-7-,25-22-. The molecule has 1 atom stereocenters. The highest BCUT2D eigenvalue weighted by Gasteiger charge is 2.47. The summed E-state index contributed by atoms with van der Waals surface area (Å²) in [4.78, 5) is 0. The number of nitrogens with one attached hydrogen (secondary N) is 1. The number of aryl methyl sites for hydroxylation is 1. The Labute approximate surface area is 195 Å². The van der Waals surface area contributed by atoms with Crippen LogP contribution in [-0.2, 0) is 5.41 Å². The van der Waals surface area contributed by atoms with E-state index in [1.54, 1.807) is 0 Å². The first-order valence-electron chi connectivity index (χ1n) is 11.5. The van der Waals surface area contributed by atoms with Crippen LogP contribution in [0.15, 0.2) is 127 Å².